The SMILES string of the molecule is COc1ccc(CN(C)C(=O)/C=C/c2ccccc2[N+](=O)[O-])cc1. The molecule has 0 aromatic heterocycles. The number of benzene rings is 2. The molecule has 2 aromatic carbocycles. The molecule has 0 aliphatic heterocycles. The van der Waals surface area contributed by atoms with Gasteiger partial charge in [-0.25, -0.2) is 0 Å². The van der Waals surface area contributed by atoms with Gasteiger partial charge in [0.25, 0.3) is 5.69 Å². The summed E-state index contributed by atoms with van der Waals surface area (Å²) in [5.41, 5.74) is 1.33. The van der Waals surface area contributed by atoms with Crippen LogP contribution in [0.3, 0.4) is 0 Å². The summed E-state index contributed by atoms with van der Waals surface area (Å²) in [5, 5.41) is 11.0. The monoisotopic (exact) mass is 326 g/mol. The number of para-hydroxylation sites is 1. The van der Waals surface area contributed by atoms with E-state index in [1.54, 1.807) is 32.4 Å². The average molecular weight is 326 g/mol. The van der Waals surface area contributed by atoms with Crippen LogP contribution in [0.25, 0.3) is 6.08 Å². The summed E-state index contributed by atoms with van der Waals surface area (Å²) in [6, 6.07) is 13.7. The lowest BCUT2D eigenvalue weighted by Crippen LogP contribution is -2.24. The average Bonchev–Trinajstić information content (AvgIpc) is 2.60. The van der Waals surface area contributed by atoms with E-state index in [4.69, 9.17) is 4.74 Å². The Morgan fingerprint density at radius 2 is 1.88 bits per heavy atom. The number of hydrogen-bond acceptors (Lipinski definition) is 4. The van der Waals surface area contributed by atoms with Gasteiger partial charge in [-0.15, -0.1) is 0 Å². The predicted octanol–water partition coefficient (Wildman–Crippen LogP) is 3.28. The van der Waals surface area contributed by atoms with Crippen LogP contribution < -0.4 is 4.74 Å². The van der Waals surface area contributed by atoms with Crippen LogP contribution in [0.15, 0.2) is 54.6 Å². The van der Waals surface area contributed by atoms with Gasteiger partial charge in [0.05, 0.1) is 17.6 Å². The standard InChI is InChI=1S/C18H18N2O4/c1-19(13-14-7-10-16(24-2)11-8-14)18(21)12-9-15-5-3-4-6-17(15)20(22)23/h3-12H,13H2,1-2H3/b12-9+. The molecule has 2 aromatic rings. The molecule has 0 saturated carbocycles. The lowest BCUT2D eigenvalue weighted by atomic mass is 10.1. The topological polar surface area (TPSA) is 72.7 Å². The van der Waals surface area contributed by atoms with Crippen LogP contribution in [0.4, 0.5) is 5.69 Å². The summed E-state index contributed by atoms with van der Waals surface area (Å²) in [4.78, 5) is 24.2. The molecule has 0 spiro atoms. The fourth-order valence-electron chi connectivity index (χ4n) is 2.17. The highest BCUT2D eigenvalue weighted by Gasteiger charge is 2.11. The number of carbonyl (C=O) groups excluding carboxylic acids is 1. The Hall–Kier alpha value is -3.15. The van der Waals surface area contributed by atoms with Crippen LogP contribution in [0, 0.1) is 10.1 Å². The first kappa shape index (κ1) is 17.2. The van der Waals surface area contributed by atoms with Gasteiger partial charge >= 0.3 is 0 Å². The molecule has 0 aliphatic rings. The first-order valence-electron chi connectivity index (χ1n) is 7.31. The summed E-state index contributed by atoms with van der Waals surface area (Å²) < 4.78 is 5.09. The molecule has 24 heavy (non-hydrogen) atoms. The highest BCUT2D eigenvalue weighted by Crippen LogP contribution is 2.19. The normalized spacial score (nSPS) is 10.6. The lowest BCUT2D eigenvalue weighted by Gasteiger charge is -2.15. The van der Waals surface area contributed by atoms with Crippen LogP contribution in [-0.4, -0.2) is 29.9 Å². The minimum absolute atomic E-state index is 0.0284. The van der Waals surface area contributed by atoms with Gasteiger partial charge in [-0.1, -0.05) is 24.3 Å². The molecule has 0 N–H and O–H groups in total. The number of rotatable bonds is 6. The van der Waals surface area contributed by atoms with Crippen molar-refractivity contribution in [3.05, 3.63) is 75.8 Å². The zero-order chi connectivity index (χ0) is 17.5. The largest absolute Gasteiger partial charge is 0.497 e. The van der Waals surface area contributed by atoms with Gasteiger partial charge in [-0.05, 0) is 29.8 Å². The molecule has 0 unspecified atom stereocenters. The molecule has 0 heterocycles. The molecule has 0 bridgehead atoms. The Kier molecular flexibility index (Phi) is 5.68. The van der Waals surface area contributed by atoms with E-state index in [0.29, 0.717) is 12.1 Å². The van der Waals surface area contributed by atoms with Gasteiger partial charge in [0.1, 0.15) is 5.75 Å². The molecular weight excluding hydrogens is 308 g/mol. The third-order valence-corrected chi connectivity index (χ3v) is 3.49. The first-order chi connectivity index (χ1) is 11.5. The van der Waals surface area contributed by atoms with E-state index >= 15 is 0 Å². The number of carbonyl (C=O) groups is 1. The minimum Gasteiger partial charge on any atom is -0.497 e. The zero-order valence-corrected chi connectivity index (χ0v) is 13.5. The summed E-state index contributed by atoms with van der Waals surface area (Å²) in [5.74, 6) is 0.521. The highest BCUT2D eigenvalue weighted by atomic mass is 16.6. The second-order valence-corrected chi connectivity index (χ2v) is 5.19. The summed E-state index contributed by atoms with van der Waals surface area (Å²) >= 11 is 0. The number of methoxy groups -OCH3 is 1. The Morgan fingerprint density at radius 3 is 2.50 bits per heavy atom. The van der Waals surface area contributed by atoms with Crippen molar-refractivity contribution in [3.63, 3.8) is 0 Å². The van der Waals surface area contributed by atoms with E-state index in [2.05, 4.69) is 0 Å². The quantitative estimate of drug-likeness (QED) is 0.464. The minimum atomic E-state index is -0.467. The number of ether oxygens (including phenoxy) is 1. The van der Waals surface area contributed by atoms with Gasteiger partial charge in [-0.2, -0.15) is 0 Å². The molecular formula is C18H18N2O4. The third-order valence-electron chi connectivity index (χ3n) is 3.49. The van der Waals surface area contributed by atoms with Gasteiger partial charge in [-0.3, -0.25) is 14.9 Å². The van der Waals surface area contributed by atoms with Gasteiger partial charge in [0.2, 0.25) is 5.91 Å². The zero-order valence-electron chi connectivity index (χ0n) is 13.5. The van der Waals surface area contributed by atoms with Crippen molar-refractivity contribution >= 4 is 17.7 Å². The van der Waals surface area contributed by atoms with Crippen LogP contribution in [0.5, 0.6) is 5.75 Å². The van der Waals surface area contributed by atoms with Crippen LogP contribution in [0.2, 0.25) is 0 Å². The van der Waals surface area contributed by atoms with Crippen molar-refractivity contribution in [2.24, 2.45) is 0 Å². The van der Waals surface area contributed by atoms with Crippen molar-refractivity contribution in [1.82, 2.24) is 4.90 Å². The molecule has 0 aliphatic carbocycles. The first-order valence-corrected chi connectivity index (χ1v) is 7.31. The fraction of sp³-hybridized carbons (Fsp3) is 0.167. The smallest absolute Gasteiger partial charge is 0.276 e. The molecule has 0 saturated heterocycles. The number of hydrogen-bond donors (Lipinski definition) is 0. The van der Waals surface area contributed by atoms with E-state index in [0.717, 1.165) is 11.3 Å². The van der Waals surface area contributed by atoms with E-state index in [1.807, 2.05) is 24.3 Å². The Bertz CT molecular complexity index is 754. The van der Waals surface area contributed by atoms with Crippen LogP contribution in [0.1, 0.15) is 11.1 Å². The number of nitrogens with zero attached hydrogens (tertiary/aromatic N) is 2. The van der Waals surface area contributed by atoms with Crippen molar-refractivity contribution in [3.8, 4) is 5.75 Å². The van der Waals surface area contributed by atoms with E-state index < -0.39 is 4.92 Å². The number of amides is 1. The van der Waals surface area contributed by atoms with Crippen molar-refractivity contribution in [1.29, 1.82) is 0 Å². The Balaban J connectivity index is 2.04. The molecule has 6 nitrogen and oxygen atoms in total. The third kappa shape index (κ3) is 4.42. The maximum Gasteiger partial charge on any atom is 0.276 e. The summed E-state index contributed by atoms with van der Waals surface area (Å²) in [6.07, 6.45) is 2.80. The van der Waals surface area contributed by atoms with Gasteiger partial charge in [0, 0.05) is 25.7 Å². The highest BCUT2D eigenvalue weighted by molar-refractivity contribution is 5.92. The van der Waals surface area contributed by atoms with Gasteiger partial charge < -0.3 is 9.64 Å². The molecule has 124 valence electrons. The molecule has 0 atom stereocenters. The van der Waals surface area contributed by atoms with E-state index in [-0.39, 0.29) is 11.6 Å². The number of likely N-dealkylation sites (N-methyl/N-ethyl adjacent to an activating group) is 1. The van der Waals surface area contributed by atoms with Crippen molar-refractivity contribution in [2.75, 3.05) is 14.2 Å². The number of nitro benzene ring substituents is 1. The Labute approximate surface area is 140 Å². The second-order valence-electron chi connectivity index (χ2n) is 5.19. The molecule has 6 heteroatoms. The summed E-state index contributed by atoms with van der Waals surface area (Å²) in [6.45, 7) is 0.435. The maximum atomic E-state index is 12.2. The van der Waals surface area contributed by atoms with Crippen LogP contribution in [-0.2, 0) is 11.3 Å². The number of nitro groups is 1. The molecule has 2 rings (SSSR count). The second kappa shape index (κ2) is 7.92. The maximum absolute atomic E-state index is 12.2. The Morgan fingerprint density at radius 1 is 1.21 bits per heavy atom. The van der Waals surface area contributed by atoms with Gasteiger partial charge in [0.15, 0.2) is 0 Å². The van der Waals surface area contributed by atoms with Crippen molar-refractivity contribution in [2.45, 2.75) is 6.54 Å². The van der Waals surface area contributed by atoms with Crippen LogP contribution >= 0.6 is 0 Å². The van der Waals surface area contributed by atoms with Crippen molar-refractivity contribution < 1.29 is 14.5 Å². The molecule has 1 amide bonds. The van der Waals surface area contributed by atoms with E-state index in [9.17, 15) is 14.9 Å². The lowest BCUT2D eigenvalue weighted by molar-refractivity contribution is -0.385. The predicted molar refractivity (Wildman–Crippen MR) is 91.6 cm³/mol. The molecule has 0 radical (unpaired) electrons. The van der Waals surface area contributed by atoms with E-state index in [1.165, 1.54) is 23.1 Å². The fourth-order valence-corrected chi connectivity index (χ4v) is 2.17. The molecule has 0 fully saturated rings. The summed E-state index contributed by atoms with van der Waals surface area (Å²) in [7, 11) is 3.27.